The predicted octanol–water partition coefficient (Wildman–Crippen LogP) is 3.72. The maximum absolute atomic E-state index is 13.3. The lowest BCUT2D eigenvalue weighted by Gasteiger charge is -2.29. The van der Waals surface area contributed by atoms with Crippen LogP contribution in [-0.2, 0) is 27.3 Å². The van der Waals surface area contributed by atoms with Gasteiger partial charge in [0.1, 0.15) is 11.9 Å². The minimum Gasteiger partial charge on any atom is -0.382 e. The number of aryl methyl sites for hydroxylation is 1. The Balaban J connectivity index is 2.02. The fraction of sp³-hybridized carbons (Fsp3) is 0.417. The Hall–Kier alpha value is -2.73. The van der Waals surface area contributed by atoms with E-state index < -0.39 is 6.04 Å². The third-order valence-electron chi connectivity index (χ3n) is 4.87. The van der Waals surface area contributed by atoms with Gasteiger partial charge in [-0.15, -0.1) is 0 Å². The number of carbonyl (C=O) groups excluding carboxylic acids is 2. The lowest BCUT2D eigenvalue weighted by Crippen LogP contribution is -2.48. The third-order valence-corrected chi connectivity index (χ3v) is 4.87. The SMILES string of the molecule is CCOCCCNC(=O)[C@H](C)N(Cc1ccc(F)cc1)C(=O)CCc1ccccc1. The highest BCUT2D eigenvalue weighted by Gasteiger charge is 2.25. The molecule has 6 heteroatoms. The maximum atomic E-state index is 13.3. The summed E-state index contributed by atoms with van der Waals surface area (Å²) in [4.78, 5) is 27.2. The summed E-state index contributed by atoms with van der Waals surface area (Å²) in [7, 11) is 0. The number of carbonyl (C=O) groups is 2. The molecule has 2 rings (SSSR count). The maximum Gasteiger partial charge on any atom is 0.242 e. The quantitative estimate of drug-likeness (QED) is 0.539. The van der Waals surface area contributed by atoms with Crippen molar-refractivity contribution in [2.45, 2.75) is 45.7 Å². The van der Waals surface area contributed by atoms with E-state index in [1.807, 2.05) is 37.3 Å². The molecule has 0 spiro atoms. The lowest BCUT2D eigenvalue weighted by molar-refractivity contribution is -0.140. The summed E-state index contributed by atoms with van der Waals surface area (Å²) in [6, 6.07) is 15.1. The molecule has 0 aliphatic carbocycles. The molecule has 0 aliphatic rings. The second-order valence-electron chi connectivity index (χ2n) is 7.15. The predicted molar refractivity (Wildman–Crippen MR) is 115 cm³/mol. The second-order valence-corrected chi connectivity index (χ2v) is 7.15. The molecular formula is C24H31FN2O3. The van der Waals surface area contributed by atoms with Crippen molar-refractivity contribution in [3.63, 3.8) is 0 Å². The van der Waals surface area contributed by atoms with Gasteiger partial charge in [-0.1, -0.05) is 42.5 Å². The molecule has 0 radical (unpaired) electrons. The zero-order valence-corrected chi connectivity index (χ0v) is 17.8. The smallest absolute Gasteiger partial charge is 0.242 e. The minimum atomic E-state index is -0.634. The van der Waals surface area contributed by atoms with Crippen LogP contribution >= 0.6 is 0 Å². The van der Waals surface area contributed by atoms with Crippen LogP contribution in [0.4, 0.5) is 4.39 Å². The normalized spacial score (nSPS) is 11.7. The number of halogens is 1. The van der Waals surface area contributed by atoms with Gasteiger partial charge in [0.15, 0.2) is 0 Å². The first kappa shape index (κ1) is 23.5. The monoisotopic (exact) mass is 414 g/mol. The summed E-state index contributed by atoms with van der Waals surface area (Å²) in [5.41, 5.74) is 1.85. The van der Waals surface area contributed by atoms with Crippen LogP contribution in [0.15, 0.2) is 54.6 Å². The zero-order valence-electron chi connectivity index (χ0n) is 17.8. The number of hydrogen-bond donors (Lipinski definition) is 1. The summed E-state index contributed by atoms with van der Waals surface area (Å²) < 4.78 is 18.5. The molecule has 30 heavy (non-hydrogen) atoms. The van der Waals surface area contributed by atoms with Crippen molar-refractivity contribution < 1.29 is 18.7 Å². The van der Waals surface area contributed by atoms with Crippen LogP contribution in [0.3, 0.4) is 0 Å². The van der Waals surface area contributed by atoms with Crippen molar-refractivity contribution in [2.24, 2.45) is 0 Å². The van der Waals surface area contributed by atoms with E-state index >= 15 is 0 Å². The van der Waals surface area contributed by atoms with Gasteiger partial charge in [-0.25, -0.2) is 4.39 Å². The molecule has 5 nitrogen and oxygen atoms in total. The fourth-order valence-electron chi connectivity index (χ4n) is 3.09. The van der Waals surface area contributed by atoms with Gasteiger partial charge in [-0.05, 0) is 49.9 Å². The molecule has 2 amide bonds. The molecule has 0 saturated heterocycles. The summed E-state index contributed by atoms with van der Waals surface area (Å²) in [6.07, 6.45) is 1.61. The Morgan fingerprint density at radius 2 is 1.77 bits per heavy atom. The first-order chi connectivity index (χ1) is 14.5. The van der Waals surface area contributed by atoms with Crippen LogP contribution in [0.5, 0.6) is 0 Å². The standard InChI is InChI=1S/C24H31FN2O3/c1-3-30-17-7-16-26-24(29)19(2)27(18-21-10-13-22(25)14-11-21)23(28)15-12-20-8-5-4-6-9-20/h4-6,8-11,13-14,19H,3,7,12,15-18H2,1-2H3,(H,26,29)/t19-/m0/s1. The van der Waals surface area contributed by atoms with E-state index in [1.54, 1.807) is 24.0 Å². The van der Waals surface area contributed by atoms with Crippen molar-refractivity contribution in [2.75, 3.05) is 19.8 Å². The van der Waals surface area contributed by atoms with E-state index in [0.717, 1.165) is 11.1 Å². The van der Waals surface area contributed by atoms with E-state index in [9.17, 15) is 14.0 Å². The molecule has 162 valence electrons. The first-order valence-electron chi connectivity index (χ1n) is 10.4. The molecule has 0 aliphatic heterocycles. The van der Waals surface area contributed by atoms with Gasteiger partial charge in [0.25, 0.3) is 0 Å². The van der Waals surface area contributed by atoms with E-state index in [-0.39, 0.29) is 24.2 Å². The number of nitrogens with zero attached hydrogens (tertiary/aromatic N) is 1. The number of ether oxygens (including phenoxy) is 1. The number of amides is 2. The van der Waals surface area contributed by atoms with Gasteiger partial charge in [-0.2, -0.15) is 0 Å². The number of rotatable bonds is 12. The van der Waals surface area contributed by atoms with E-state index in [0.29, 0.717) is 39.0 Å². The third kappa shape index (κ3) is 7.95. The van der Waals surface area contributed by atoms with Gasteiger partial charge >= 0.3 is 0 Å². The Labute approximate surface area is 178 Å². The summed E-state index contributed by atoms with van der Waals surface area (Å²) in [5, 5.41) is 2.87. The van der Waals surface area contributed by atoms with Crippen molar-refractivity contribution in [1.29, 1.82) is 0 Å². The highest BCUT2D eigenvalue weighted by atomic mass is 19.1. The fourth-order valence-corrected chi connectivity index (χ4v) is 3.09. The van der Waals surface area contributed by atoms with Gasteiger partial charge in [0.05, 0.1) is 0 Å². The lowest BCUT2D eigenvalue weighted by atomic mass is 10.1. The Kier molecular flexibility index (Phi) is 10.0. The Morgan fingerprint density at radius 1 is 1.07 bits per heavy atom. The number of hydrogen-bond acceptors (Lipinski definition) is 3. The molecule has 2 aromatic carbocycles. The average Bonchev–Trinajstić information content (AvgIpc) is 2.77. The number of nitrogens with one attached hydrogen (secondary N) is 1. The molecule has 0 heterocycles. The molecule has 0 unspecified atom stereocenters. The summed E-state index contributed by atoms with van der Waals surface area (Å²) in [6.45, 7) is 5.62. The van der Waals surface area contributed by atoms with Gasteiger partial charge in [-0.3, -0.25) is 9.59 Å². The largest absolute Gasteiger partial charge is 0.382 e. The van der Waals surface area contributed by atoms with Crippen molar-refractivity contribution in [3.05, 3.63) is 71.5 Å². The summed E-state index contributed by atoms with van der Waals surface area (Å²) in [5.74, 6) is -0.650. The van der Waals surface area contributed by atoms with E-state index in [2.05, 4.69) is 5.32 Å². The van der Waals surface area contributed by atoms with Gasteiger partial charge in [0, 0.05) is 32.7 Å². The highest BCUT2D eigenvalue weighted by molar-refractivity contribution is 5.87. The van der Waals surface area contributed by atoms with Crippen LogP contribution in [0.1, 0.15) is 37.8 Å². The van der Waals surface area contributed by atoms with Crippen molar-refractivity contribution in [3.8, 4) is 0 Å². The zero-order chi connectivity index (χ0) is 21.8. The van der Waals surface area contributed by atoms with Gasteiger partial charge in [0.2, 0.25) is 11.8 Å². The van der Waals surface area contributed by atoms with E-state index in [4.69, 9.17) is 4.74 Å². The van der Waals surface area contributed by atoms with Crippen molar-refractivity contribution in [1.82, 2.24) is 10.2 Å². The Bertz CT molecular complexity index is 781. The van der Waals surface area contributed by atoms with E-state index in [1.165, 1.54) is 12.1 Å². The van der Waals surface area contributed by atoms with Crippen LogP contribution in [0, 0.1) is 5.82 Å². The molecule has 1 atom stereocenters. The molecule has 0 fully saturated rings. The van der Waals surface area contributed by atoms with Gasteiger partial charge < -0.3 is 15.0 Å². The second kappa shape index (κ2) is 12.8. The molecule has 1 N–H and O–H groups in total. The molecule has 2 aromatic rings. The van der Waals surface area contributed by atoms with Crippen LogP contribution in [-0.4, -0.2) is 42.5 Å². The summed E-state index contributed by atoms with van der Waals surface area (Å²) >= 11 is 0. The van der Waals surface area contributed by atoms with Crippen LogP contribution in [0.25, 0.3) is 0 Å². The topological polar surface area (TPSA) is 58.6 Å². The van der Waals surface area contributed by atoms with Crippen molar-refractivity contribution >= 4 is 11.8 Å². The molecule has 0 bridgehead atoms. The molecular weight excluding hydrogens is 383 g/mol. The average molecular weight is 415 g/mol. The number of benzene rings is 2. The van der Waals surface area contributed by atoms with Crippen LogP contribution < -0.4 is 5.32 Å². The van der Waals surface area contributed by atoms with Crippen LogP contribution in [0.2, 0.25) is 0 Å². The molecule has 0 saturated carbocycles. The molecule has 0 aromatic heterocycles. The highest BCUT2D eigenvalue weighted by Crippen LogP contribution is 2.13. The Morgan fingerprint density at radius 3 is 2.43 bits per heavy atom. The minimum absolute atomic E-state index is 0.111. The first-order valence-corrected chi connectivity index (χ1v) is 10.4.